The summed E-state index contributed by atoms with van der Waals surface area (Å²) in [5.41, 5.74) is 9.53. The van der Waals surface area contributed by atoms with E-state index in [9.17, 15) is 0 Å². The Kier molecular flexibility index (Phi) is 1.61. The van der Waals surface area contributed by atoms with Crippen molar-refractivity contribution in [3.8, 4) is 11.4 Å². The van der Waals surface area contributed by atoms with Crippen LogP contribution < -0.4 is 5.73 Å². The van der Waals surface area contributed by atoms with Crippen molar-refractivity contribution in [2.75, 3.05) is 5.73 Å². The molecule has 1 saturated carbocycles. The van der Waals surface area contributed by atoms with Gasteiger partial charge in [-0.15, -0.1) is 11.3 Å². The highest BCUT2D eigenvalue weighted by Gasteiger charge is 2.26. The van der Waals surface area contributed by atoms with E-state index in [0.717, 1.165) is 16.4 Å². The Hall–Kier alpha value is -1.36. The van der Waals surface area contributed by atoms with Crippen molar-refractivity contribution < 1.29 is 0 Å². The molecule has 2 heterocycles. The molecule has 0 unspecified atom stereocenters. The summed E-state index contributed by atoms with van der Waals surface area (Å²) in [6.45, 7) is 0. The second kappa shape index (κ2) is 2.81. The zero-order valence-corrected chi connectivity index (χ0v) is 8.37. The Morgan fingerprint density at radius 1 is 1.50 bits per heavy atom. The van der Waals surface area contributed by atoms with E-state index in [4.69, 9.17) is 5.73 Å². The van der Waals surface area contributed by atoms with E-state index in [-0.39, 0.29) is 0 Å². The summed E-state index contributed by atoms with van der Waals surface area (Å²) in [5.74, 6) is 0. The van der Waals surface area contributed by atoms with Gasteiger partial charge in [-0.05, 0) is 12.8 Å². The second-order valence-electron chi connectivity index (χ2n) is 3.48. The maximum absolute atomic E-state index is 5.84. The first-order chi connectivity index (χ1) is 6.86. The molecule has 1 fully saturated rings. The summed E-state index contributed by atoms with van der Waals surface area (Å²) in [5, 5.41) is 0.771. The van der Waals surface area contributed by atoms with Crippen molar-refractivity contribution in [3.63, 3.8) is 0 Å². The van der Waals surface area contributed by atoms with Crippen molar-refractivity contribution in [1.82, 2.24) is 14.5 Å². The molecule has 2 N–H and O–H groups in total. The van der Waals surface area contributed by atoms with Gasteiger partial charge in [0.1, 0.15) is 10.7 Å². The summed E-state index contributed by atoms with van der Waals surface area (Å²) in [7, 11) is 0. The average Bonchev–Trinajstić information content (AvgIpc) is 2.75. The maximum Gasteiger partial charge on any atom is 0.123 e. The predicted octanol–water partition coefficient (Wildman–Crippen LogP) is 1.92. The first-order valence-corrected chi connectivity index (χ1v) is 5.45. The molecule has 2 aromatic rings. The second-order valence-corrected chi connectivity index (χ2v) is 4.37. The van der Waals surface area contributed by atoms with E-state index >= 15 is 0 Å². The number of thiazole rings is 1. The van der Waals surface area contributed by atoms with E-state index in [2.05, 4.69) is 14.5 Å². The highest BCUT2D eigenvalue weighted by Crippen LogP contribution is 2.39. The van der Waals surface area contributed by atoms with E-state index in [1.54, 1.807) is 5.51 Å². The molecule has 72 valence electrons. The van der Waals surface area contributed by atoms with Crippen LogP contribution in [0, 0.1) is 0 Å². The fraction of sp³-hybridized carbons (Fsp3) is 0.333. The third-order valence-electron chi connectivity index (χ3n) is 2.44. The molecule has 0 aromatic carbocycles. The van der Waals surface area contributed by atoms with Gasteiger partial charge in [0.25, 0.3) is 0 Å². The molecule has 0 aliphatic heterocycles. The molecule has 0 bridgehead atoms. The van der Waals surface area contributed by atoms with Crippen LogP contribution in [0.4, 0.5) is 5.00 Å². The Labute approximate surface area is 85.4 Å². The van der Waals surface area contributed by atoms with Crippen LogP contribution in [-0.2, 0) is 0 Å². The number of nitrogen functional groups attached to an aromatic ring is 1. The first-order valence-electron chi connectivity index (χ1n) is 4.57. The topological polar surface area (TPSA) is 56.7 Å². The number of hydrogen-bond acceptors (Lipinski definition) is 4. The van der Waals surface area contributed by atoms with Gasteiger partial charge in [0.05, 0.1) is 23.7 Å². The molecule has 0 radical (unpaired) electrons. The van der Waals surface area contributed by atoms with E-state index in [1.165, 1.54) is 24.2 Å². The Morgan fingerprint density at radius 3 is 3.00 bits per heavy atom. The summed E-state index contributed by atoms with van der Waals surface area (Å²) < 4.78 is 2.17. The Bertz CT molecular complexity index is 455. The van der Waals surface area contributed by atoms with Crippen LogP contribution >= 0.6 is 11.3 Å². The van der Waals surface area contributed by atoms with Crippen molar-refractivity contribution in [3.05, 3.63) is 18.0 Å². The lowest BCUT2D eigenvalue weighted by Crippen LogP contribution is -1.96. The van der Waals surface area contributed by atoms with Crippen LogP contribution in [-0.4, -0.2) is 14.5 Å². The molecule has 1 aliphatic rings. The molecule has 0 amide bonds. The van der Waals surface area contributed by atoms with Gasteiger partial charge in [-0.25, -0.2) is 9.97 Å². The van der Waals surface area contributed by atoms with Crippen molar-refractivity contribution in [2.45, 2.75) is 18.9 Å². The Morgan fingerprint density at radius 2 is 2.36 bits per heavy atom. The zero-order valence-electron chi connectivity index (χ0n) is 7.55. The number of aromatic nitrogens is 3. The standard InChI is InChI=1S/C9H10N4S/c10-9-8(12-5-14-9)7-3-11-4-13(7)6-1-2-6/h3-6H,1-2,10H2. The van der Waals surface area contributed by atoms with E-state index in [1.807, 2.05) is 12.5 Å². The van der Waals surface area contributed by atoms with Crippen LogP contribution in [0.1, 0.15) is 18.9 Å². The molecule has 4 nitrogen and oxygen atoms in total. The minimum absolute atomic E-state index is 0.619. The van der Waals surface area contributed by atoms with Gasteiger partial charge in [-0.3, -0.25) is 0 Å². The number of hydrogen-bond donors (Lipinski definition) is 1. The highest BCUT2D eigenvalue weighted by atomic mass is 32.1. The zero-order chi connectivity index (χ0) is 9.54. The molecule has 1 aliphatic carbocycles. The summed E-state index contributed by atoms with van der Waals surface area (Å²) >= 11 is 1.47. The Balaban J connectivity index is 2.11. The smallest absolute Gasteiger partial charge is 0.123 e. The average molecular weight is 206 g/mol. The van der Waals surface area contributed by atoms with E-state index < -0.39 is 0 Å². The molecule has 5 heteroatoms. The minimum Gasteiger partial charge on any atom is -0.389 e. The quantitative estimate of drug-likeness (QED) is 0.816. The fourth-order valence-electron chi connectivity index (χ4n) is 1.58. The van der Waals surface area contributed by atoms with Crippen molar-refractivity contribution in [1.29, 1.82) is 0 Å². The molecular formula is C9H10N4S. The van der Waals surface area contributed by atoms with Gasteiger partial charge in [0, 0.05) is 6.04 Å². The van der Waals surface area contributed by atoms with Gasteiger partial charge in [0.2, 0.25) is 0 Å². The van der Waals surface area contributed by atoms with Crippen molar-refractivity contribution >= 4 is 16.3 Å². The number of anilines is 1. The highest BCUT2D eigenvalue weighted by molar-refractivity contribution is 7.14. The summed E-state index contributed by atoms with van der Waals surface area (Å²) in [4.78, 5) is 8.41. The molecule has 0 atom stereocenters. The molecule has 0 saturated heterocycles. The van der Waals surface area contributed by atoms with Gasteiger partial charge < -0.3 is 10.3 Å². The number of rotatable bonds is 2. The van der Waals surface area contributed by atoms with Crippen LogP contribution in [0.25, 0.3) is 11.4 Å². The van der Waals surface area contributed by atoms with Crippen molar-refractivity contribution in [2.24, 2.45) is 0 Å². The normalized spacial score (nSPS) is 16.0. The molecule has 0 spiro atoms. The van der Waals surface area contributed by atoms with Crippen LogP contribution in [0.15, 0.2) is 18.0 Å². The van der Waals surface area contributed by atoms with Gasteiger partial charge in [0.15, 0.2) is 0 Å². The van der Waals surface area contributed by atoms with Gasteiger partial charge in [-0.1, -0.05) is 0 Å². The predicted molar refractivity (Wildman–Crippen MR) is 56.0 cm³/mol. The summed E-state index contributed by atoms with van der Waals surface area (Å²) in [6.07, 6.45) is 6.19. The van der Waals surface area contributed by atoms with Gasteiger partial charge >= 0.3 is 0 Å². The van der Waals surface area contributed by atoms with Crippen LogP contribution in [0.3, 0.4) is 0 Å². The lowest BCUT2D eigenvalue weighted by molar-refractivity contribution is 0.746. The molecule has 14 heavy (non-hydrogen) atoms. The first kappa shape index (κ1) is 7.99. The molecule has 2 aromatic heterocycles. The van der Waals surface area contributed by atoms with E-state index in [0.29, 0.717) is 6.04 Å². The van der Waals surface area contributed by atoms with Crippen LogP contribution in [0.2, 0.25) is 0 Å². The third kappa shape index (κ3) is 1.13. The van der Waals surface area contributed by atoms with Gasteiger partial charge in [-0.2, -0.15) is 0 Å². The number of imidazole rings is 1. The summed E-state index contributed by atoms with van der Waals surface area (Å²) in [6, 6.07) is 0.619. The monoisotopic (exact) mass is 206 g/mol. The largest absolute Gasteiger partial charge is 0.389 e. The lowest BCUT2D eigenvalue weighted by atomic mass is 10.3. The fourth-order valence-corrected chi connectivity index (χ4v) is 2.12. The van der Waals surface area contributed by atoms with Crippen LogP contribution in [0.5, 0.6) is 0 Å². The SMILES string of the molecule is Nc1scnc1-c1cncn1C1CC1. The number of nitrogens with two attached hydrogens (primary N) is 1. The molecule has 3 rings (SSSR count). The number of nitrogens with zero attached hydrogens (tertiary/aromatic N) is 3. The lowest BCUT2D eigenvalue weighted by Gasteiger charge is -2.03. The molecular weight excluding hydrogens is 196 g/mol. The third-order valence-corrected chi connectivity index (χ3v) is 3.10. The maximum atomic E-state index is 5.84. The minimum atomic E-state index is 0.619.